The van der Waals surface area contributed by atoms with Gasteiger partial charge in [-0.25, -0.2) is 9.18 Å². The van der Waals surface area contributed by atoms with E-state index in [-0.39, 0.29) is 22.5 Å². The average Bonchev–Trinajstić information content (AvgIpc) is 3.11. The van der Waals surface area contributed by atoms with Crippen LogP contribution in [0.2, 0.25) is 0 Å². The summed E-state index contributed by atoms with van der Waals surface area (Å²) >= 11 is 4.41. The van der Waals surface area contributed by atoms with Gasteiger partial charge in [0.15, 0.2) is 16.7 Å². The molecule has 1 aliphatic rings. The molecule has 0 saturated carbocycles. The fourth-order valence-electron chi connectivity index (χ4n) is 2.53. The van der Waals surface area contributed by atoms with E-state index in [9.17, 15) is 14.0 Å². The summed E-state index contributed by atoms with van der Waals surface area (Å²) in [6, 6.07) is 9.57. The number of carbonyl (C=O) groups excluding carboxylic acids is 2. The van der Waals surface area contributed by atoms with Crippen LogP contribution in [0.3, 0.4) is 0 Å². The van der Waals surface area contributed by atoms with Gasteiger partial charge in [0.2, 0.25) is 0 Å². The van der Waals surface area contributed by atoms with Crippen molar-refractivity contribution < 1.29 is 28.2 Å². The number of hydrogen-bond donors (Lipinski definition) is 1. The second kappa shape index (κ2) is 10.9. The SMILES string of the molecule is COC(=O)/C=C1/S/C(=N\N=Cc2cc(Br)c(OCc3cccc(F)c3)c(OC)c2)NC1=O. The van der Waals surface area contributed by atoms with E-state index in [1.165, 1.54) is 32.6 Å². The summed E-state index contributed by atoms with van der Waals surface area (Å²) in [6.07, 6.45) is 2.54. The van der Waals surface area contributed by atoms with Crippen molar-refractivity contribution in [3.05, 3.63) is 68.8 Å². The van der Waals surface area contributed by atoms with Crippen LogP contribution in [0.5, 0.6) is 11.5 Å². The van der Waals surface area contributed by atoms with E-state index in [0.29, 0.717) is 27.1 Å². The van der Waals surface area contributed by atoms with Crippen LogP contribution < -0.4 is 14.8 Å². The first kappa shape index (κ1) is 23.5. The third kappa shape index (κ3) is 6.17. The Morgan fingerprint density at radius 3 is 2.81 bits per heavy atom. The molecule has 8 nitrogen and oxygen atoms in total. The Balaban J connectivity index is 1.71. The van der Waals surface area contributed by atoms with E-state index in [0.717, 1.165) is 17.8 Å². The van der Waals surface area contributed by atoms with Crippen molar-refractivity contribution in [1.82, 2.24) is 5.32 Å². The Morgan fingerprint density at radius 1 is 1.28 bits per heavy atom. The van der Waals surface area contributed by atoms with Gasteiger partial charge in [0, 0.05) is 6.08 Å². The molecule has 2 aromatic rings. The zero-order valence-corrected chi connectivity index (χ0v) is 19.3. The van der Waals surface area contributed by atoms with E-state index in [1.807, 2.05) is 0 Å². The van der Waals surface area contributed by atoms with Gasteiger partial charge in [0.25, 0.3) is 5.91 Å². The van der Waals surface area contributed by atoms with Crippen LogP contribution in [0, 0.1) is 5.82 Å². The molecular formula is C21H17BrFN3O5S. The average molecular weight is 522 g/mol. The predicted octanol–water partition coefficient (Wildman–Crippen LogP) is 3.79. The summed E-state index contributed by atoms with van der Waals surface area (Å²) in [5, 5.41) is 10.6. The molecule has 0 spiro atoms. The van der Waals surface area contributed by atoms with Crippen molar-refractivity contribution in [3.63, 3.8) is 0 Å². The number of nitrogens with zero attached hydrogens (tertiary/aromatic N) is 2. The summed E-state index contributed by atoms with van der Waals surface area (Å²) in [7, 11) is 2.72. The number of carbonyl (C=O) groups is 2. The largest absolute Gasteiger partial charge is 0.493 e. The van der Waals surface area contributed by atoms with Crippen LogP contribution in [0.25, 0.3) is 0 Å². The van der Waals surface area contributed by atoms with Crippen molar-refractivity contribution in [2.75, 3.05) is 14.2 Å². The van der Waals surface area contributed by atoms with Gasteiger partial charge in [0.1, 0.15) is 12.4 Å². The van der Waals surface area contributed by atoms with Gasteiger partial charge in [-0.05, 0) is 63.1 Å². The molecule has 32 heavy (non-hydrogen) atoms. The van der Waals surface area contributed by atoms with Gasteiger partial charge in [-0.15, -0.1) is 5.10 Å². The van der Waals surface area contributed by atoms with Crippen LogP contribution in [0.15, 0.2) is 62.1 Å². The highest BCUT2D eigenvalue weighted by molar-refractivity contribution is 9.10. The van der Waals surface area contributed by atoms with Crippen molar-refractivity contribution >= 4 is 51.0 Å². The van der Waals surface area contributed by atoms with Gasteiger partial charge in [0.05, 0.1) is 29.8 Å². The van der Waals surface area contributed by atoms with E-state index >= 15 is 0 Å². The van der Waals surface area contributed by atoms with E-state index in [4.69, 9.17) is 9.47 Å². The zero-order valence-electron chi connectivity index (χ0n) is 16.9. The number of thioether (sulfide) groups is 1. The minimum Gasteiger partial charge on any atom is -0.493 e. The molecule has 2 aromatic carbocycles. The maximum absolute atomic E-state index is 13.4. The van der Waals surface area contributed by atoms with Gasteiger partial charge in [-0.1, -0.05) is 12.1 Å². The minimum absolute atomic E-state index is 0.159. The maximum atomic E-state index is 13.4. The molecule has 0 bridgehead atoms. The van der Waals surface area contributed by atoms with Crippen molar-refractivity contribution in [1.29, 1.82) is 0 Å². The number of ether oxygens (including phenoxy) is 3. The van der Waals surface area contributed by atoms with E-state index < -0.39 is 11.9 Å². The monoisotopic (exact) mass is 521 g/mol. The number of halogens is 2. The minimum atomic E-state index is -0.635. The molecule has 1 heterocycles. The summed E-state index contributed by atoms with van der Waals surface area (Å²) in [4.78, 5) is 23.3. The topological polar surface area (TPSA) is 98.6 Å². The van der Waals surface area contributed by atoms with E-state index in [2.05, 4.69) is 36.2 Å². The van der Waals surface area contributed by atoms with Gasteiger partial charge >= 0.3 is 5.97 Å². The lowest BCUT2D eigenvalue weighted by Crippen LogP contribution is -2.19. The lowest BCUT2D eigenvalue weighted by Gasteiger charge is -2.13. The Hall–Kier alpha value is -3.18. The molecule has 0 aliphatic carbocycles. The second-order valence-electron chi connectivity index (χ2n) is 6.19. The number of amides is 1. The Kier molecular flexibility index (Phi) is 8.01. The van der Waals surface area contributed by atoms with Gasteiger partial charge < -0.3 is 14.2 Å². The molecular weight excluding hydrogens is 505 g/mol. The molecule has 1 amide bonds. The molecule has 0 atom stereocenters. The Morgan fingerprint density at radius 2 is 2.09 bits per heavy atom. The molecule has 1 aliphatic heterocycles. The molecule has 1 fully saturated rings. The molecule has 1 N–H and O–H groups in total. The fourth-order valence-corrected chi connectivity index (χ4v) is 3.84. The number of amidine groups is 1. The molecule has 1 saturated heterocycles. The Labute approximate surface area is 195 Å². The quantitative estimate of drug-likeness (QED) is 0.257. The predicted molar refractivity (Wildman–Crippen MR) is 122 cm³/mol. The van der Waals surface area contributed by atoms with Crippen LogP contribution in [-0.4, -0.2) is 37.5 Å². The molecule has 3 rings (SSSR count). The second-order valence-corrected chi connectivity index (χ2v) is 8.08. The molecule has 0 radical (unpaired) electrons. The zero-order chi connectivity index (χ0) is 23.1. The van der Waals surface area contributed by atoms with E-state index in [1.54, 1.807) is 24.3 Å². The van der Waals surface area contributed by atoms with Crippen LogP contribution in [0.1, 0.15) is 11.1 Å². The summed E-state index contributed by atoms with van der Waals surface area (Å²) < 4.78 is 29.7. The van der Waals surface area contributed by atoms with Crippen LogP contribution >= 0.6 is 27.7 Å². The van der Waals surface area contributed by atoms with Crippen molar-refractivity contribution in [3.8, 4) is 11.5 Å². The third-order valence-corrected chi connectivity index (χ3v) is 5.47. The third-order valence-electron chi connectivity index (χ3n) is 3.98. The van der Waals surface area contributed by atoms with Crippen LogP contribution in [-0.2, 0) is 20.9 Å². The maximum Gasteiger partial charge on any atom is 0.331 e. The molecule has 0 aromatic heterocycles. The number of benzene rings is 2. The lowest BCUT2D eigenvalue weighted by atomic mass is 10.2. The highest BCUT2D eigenvalue weighted by Gasteiger charge is 2.25. The summed E-state index contributed by atoms with van der Waals surface area (Å²) in [5.74, 6) is -0.536. The first-order valence-electron chi connectivity index (χ1n) is 9.04. The van der Waals surface area contributed by atoms with Crippen molar-refractivity contribution in [2.45, 2.75) is 6.61 Å². The van der Waals surface area contributed by atoms with Gasteiger partial charge in [-0.3, -0.25) is 10.1 Å². The first-order chi connectivity index (χ1) is 15.4. The molecule has 11 heteroatoms. The van der Waals surface area contributed by atoms with Crippen molar-refractivity contribution in [2.24, 2.45) is 10.2 Å². The Bertz CT molecular complexity index is 1140. The number of hydrogen-bond acceptors (Lipinski definition) is 8. The number of methoxy groups -OCH3 is 2. The first-order valence-corrected chi connectivity index (χ1v) is 10.6. The summed E-state index contributed by atoms with van der Waals surface area (Å²) in [5.41, 5.74) is 1.33. The van der Waals surface area contributed by atoms with Crippen LogP contribution in [0.4, 0.5) is 4.39 Å². The smallest absolute Gasteiger partial charge is 0.331 e. The highest BCUT2D eigenvalue weighted by Crippen LogP contribution is 2.37. The standard InChI is InChI=1S/C21H17BrFN3O5S/c1-29-16-8-13(7-15(22)19(16)31-11-12-4-3-5-14(23)6-12)10-24-26-21-25-20(28)17(32-21)9-18(27)30-2/h3-10H,11H2,1-2H3,(H,25,26,28)/b17-9+,24-10?. The highest BCUT2D eigenvalue weighted by atomic mass is 79.9. The fraction of sp³-hybridized carbons (Fsp3) is 0.143. The molecule has 0 unspecified atom stereocenters. The number of esters is 1. The normalized spacial score (nSPS) is 15.9. The number of nitrogens with one attached hydrogen (secondary N) is 1. The molecule has 166 valence electrons. The lowest BCUT2D eigenvalue weighted by molar-refractivity contribution is -0.135. The van der Waals surface area contributed by atoms with Gasteiger partial charge in [-0.2, -0.15) is 5.10 Å². The summed E-state index contributed by atoms with van der Waals surface area (Å²) in [6.45, 7) is 0.159. The number of rotatable bonds is 7.